The van der Waals surface area contributed by atoms with Crippen molar-refractivity contribution < 1.29 is 14.3 Å². The van der Waals surface area contributed by atoms with Gasteiger partial charge in [-0.05, 0) is 56.1 Å². The van der Waals surface area contributed by atoms with E-state index < -0.39 is 0 Å². The molecule has 31 heavy (non-hydrogen) atoms. The van der Waals surface area contributed by atoms with Crippen molar-refractivity contribution in [2.45, 2.75) is 32.2 Å². The molecule has 3 heterocycles. The van der Waals surface area contributed by atoms with Gasteiger partial charge in [0.05, 0.1) is 21.8 Å². The zero-order chi connectivity index (χ0) is 21.2. The van der Waals surface area contributed by atoms with E-state index in [0.29, 0.717) is 25.6 Å². The molecule has 0 aliphatic carbocycles. The number of rotatable bonds is 6. The Morgan fingerprint density at radius 2 is 2.10 bits per heavy atom. The molecule has 1 aromatic heterocycles. The van der Waals surface area contributed by atoms with E-state index in [0.717, 1.165) is 48.5 Å². The molecule has 0 unspecified atom stereocenters. The number of benzene rings is 2. The molecule has 0 spiro atoms. The van der Waals surface area contributed by atoms with E-state index in [1.807, 2.05) is 36.1 Å². The number of hydrogen-bond donors (Lipinski definition) is 0. The van der Waals surface area contributed by atoms with Crippen molar-refractivity contribution in [2.75, 3.05) is 33.0 Å². The standard InChI is InChI=1S/C24H27N3O3S/c1-2-27(13-17-9-10-20-21(12-17)30-16-29-20)23(28)15-26-11-5-6-18(14-26)24-25-19-7-3-4-8-22(19)31-24/h3-4,7-10,12,18H,2,5-6,11,13-16H2,1H3/t18-/m0/s1. The van der Waals surface area contributed by atoms with E-state index in [2.05, 4.69) is 23.1 Å². The molecule has 6 nitrogen and oxygen atoms in total. The van der Waals surface area contributed by atoms with Crippen LogP contribution in [0.4, 0.5) is 0 Å². The van der Waals surface area contributed by atoms with Crippen LogP contribution in [0.25, 0.3) is 10.2 Å². The molecule has 1 atom stereocenters. The number of amides is 1. The lowest BCUT2D eigenvalue weighted by atomic mass is 9.98. The second kappa shape index (κ2) is 8.85. The van der Waals surface area contributed by atoms with E-state index >= 15 is 0 Å². The predicted molar refractivity (Wildman–Crippen MR) is 122 cm³/mol. The van der Waals surface area contributed by atoms with Crippen LogP contribution in [0.2, 0.25) is 0 Å². The van der Waals surface area contributed by atoms with Crippen LogP contribution in [0.1, 0.15) is 36.3 Å². The van der Waals surface area contributed by atoms with Crippen LogP contribution in [0.15, 0.2) is 42.5 Å². The molecule has 162 valence electrons. The summed E-state index contributed by atoms with van der Waals surface area (Å²) in [5.74, 6) is 2.11. The van der Waals surface area contributed by atoms with Crippen LogP contribution >= 0.6 is 11.3 Å². The second-order valence-electron chi connectivity index (χ2n) is 8.19. The highest BCUT2D eigenvalue weighted by Gasteiger charge is 2.26. The smallest absolute Gasteiger partial charge is 0.237 e. The SMILES string of the molecule is CCN(Cc1ccc2c(c1)OCO2)C(=O)CN1CCC[C@H](c2nc3ccccc3s2)C1. The van der Waals surface area contributed by atoms with E-state index in [1.165, 1.54) is 9.71 Å². The second-order valence-corrected chi connectivity index (χ2v) is 9.25. The monoisotopic (exact) mass is 437 g/mol. The summed E-state index contributed by atoms with van der Waals surface area (Å²) in [6.45, 7) is 5.89. The van der Waals surface area contributed by atoms with Crippen molar-refractivity contribution in [3.63, 3.8) is 0 Å². The average Bonchev–Trinajstić information content (AvgIpc) is 3.44. The summed E-state index contributed by atoms with van der Waals surface area (Å²) in [6, 6.07) is 14.2. The maximum atomic E-state index is 13.1. The number of ether oxygens (including phenoxy) is 2. The lowest BCUT2D eigenvalue weighted by molar-refractivity contribution is -0.133. The summed E-state index contributed by atoms with van der Waals surface area (Å²) in [5.41, 5.74) is 2.14. The lowest BCUT2D eigenvalue weighted by Crippen LogP contribution is -2.43. The van der Waals surface area contributed by atoms with Gasteiger partial charge in [-0.1, -0.05) is 18.2 Å². The summed E-state index contributed by atoms with van der Waals surface area (Å²) in [4.78, 5) is 22.2. The molecule has 2 aliphatic rings. The third-order valence-corrected chi connectivity index (χ3v) is 7.27. The number of hydrogen-bond acceptors (Lipinski definition) is 6. The zero-order valence-electron chi connectivity index (χ0n) is 17.8. The molecule has 1 amide bonds. The highest BCUT2D eigenvalue weighted by atomic mass is 32.1. The number of likely N-dealkylation sites (N-methyl/N-ethyl adjacent to an activating group) is 1. The molecule has 2 aliphatic heterocycles. The van der Waals surface area contributed by atoms with Crippen molar-refractivity contribution in [2.24, 2.45) is 0 Å². The van der Waals surface area contributed by atoms with Crippen molar-refractivity contribution in [1.29, 1.82) is 0 Å². The first-order valence-electron chi connectivity index (χ1n) is 10.9. The highest BCUT2D eigenvalue weighted by Crippen LogP contribution is 2.34. The summed E-state index contributed by atoms with van der Waals surface area (Å²) in [6.07, 6.45) is 2.24. The Bertz CT molecular complexity index is 1050. The Balaban J connectivity index is 1.22. The molecular weight excluding hydrogens is 410 g/mol. The number of thiazole rings is 1. The van der Waals surface area contributed by atoms with E-state index in [1.54, 1.807) is 11.3 Å². The fraction of sp³-hybridized carbons (Fsp3) is 0.417. The number of likely N-dealkylation sites (tertiary alicyclic amines) is 1. The number of para-hydroxylation sites is 1. The lowest BCUT2D eigenvalue weighted by Gasteiger charge is -2.33. The van der Waals surface area contributed by atoms with Gasteiger partial charge in [0.25, 0.3) is 0 Å². The van der Waals surface area contributed by atoms with Gasteiger partial charge in [0, 0.05) is 25.6 Å². The Morgan fingerprint density at radius 3 is 2.97 bits per heavy atom. The van der Waals surface area contributed by atoms with Gasteiger partial charge in [0.15, 0.2) is 11.5 Å². The van der Waals surface area contributed by atoms with Gasteiger partial charge in [-0.25, -0.2) is 4.98 Å². The maximum Gasteiger partial charge on any atom is 0.237 e. The maximum absolute atomic E-state index is 13.1. The Hall–Kier alpha value is -2.64. The van der Waals surface area contributed by atoms with Crippen LogP contribution in [0, 0.1) is 0 Å². The first kappa shape index (κ1) is 20.3. The molecule has 0 saturated carbocycles. The summed E-state index contributed by atoms with van der Waals surface area (Å²) < 4.78 is 12.1. The first-order valence-corrected chi connectivity index (χ1v) is 11.8. The average molecular weight is 438 g/mol. The third kappa shape index (κ3) is 4.38. The fourth-order valence-electron chi connectivity index (χ4n) is 4.39. The molecule has 5 rings (SSSR count). The zero-order valence-corrected chi connectivity index (χ0v) is 18.6. The van der Waals surface area contributed by atoms with Crippen LogP contribution in [0.5, 0.6) is 11.5 Å². The van der Waals surface area contributed by atoms with Crippen molar-refractivity contribution in [3.8, 4) is 11.5 Å². The minimum Gasteiger partial charge on any atom is -0.454 e. The molecule has 2 aromatic carbocycles. The van der Waals surface area contributed by atoms with Crippen molar-refractivity contribution in [1.82, 2.24) is 14.8 Å². The van der Waals surface area contributed by atoms with Crippen LogP contribution < -0.4 is 9.47 Å². The van der Waals surface area contributed by atoms with Crippen molar-refractivity contribution in [3.05, 3.63) is 53.0 Å². The number of nitrogens with zero attached hydrogens (tertiary/aromatic N) is 3. The Morgan fingerprint density at radius 1 is 1.23 bits per heavy atom. The Kier molecular flexibility index (Phi) is 5.78. The Labute approximate surface area is 186 Å². The largest absolute Gasteiger partial charge is 0.454 e. The van der Waals surface area contributed by atoms with Crippen LogP contribution in [-0.2, 0) is 11.3 Å². The summed E-state index contributed by atoms with van der Waals surface area (Å²) in [7, 11) is 0. The number of carbonyl (C=O) groups excluding carboxylic acids is 1. The molecule has 0 radical (unpaired) electrons. The summed E-state index contributed by atoms with van der Waals surface area (Å²) in [5, 5.41) is 1.20. The van der Waals surface area contributed by atoms with E-state index in [-0.39, 0.29) is 12.7 Å². The van der Waals surface area contributed by atoms with Gasteiger partial charge in [0.2, 0.25) is 12.7 Å². The van der Waals surface area contributed by atoms with Gasteiger partial charge in [-0.15, -0.1) is 11.3 Å². The topological polar surface area (TPSA) is 54.9 Å². The normalized spacial score (nSPS) is 18.4. The van der Waals surface area contributed by atoms with Gasteiger partial charge >= 0.3 is 0 Å². The van der Waals surface area contributed by atoms with Gasteiger partial charge in [-0.3, -0.25) is 9.69 Å². The molecule has 0 N–H and O–H groups in total. The molecular formula is C24H27N3O3S. The molecule has 1 saturated heterocycles. The fourth-order valence-corrected chi connectivity index (χ4v) is 5.49. The minimum atomic E-state index is 0.171. The third-order valence-electron chi connectivity index (χ3n) is 6.07. The minimum absolute atomic E-state index is 0.171. The van der Waals surface area contributed by atoms with Crippen LogP contribution in [0.3, 0.4) is 0 Å². The van der Waals surface area contributed by atoms with Gasteiger partial charge in [-0.2, -0.15) is 0 Å². The van der Waals surface area contributed by atoms with Gasteiger partial charge in [0.1, 0.15) is 0 Å². The number of piperidine rings is 1. The quantitative estimate of drug-likeness (QED) is 0.577. The van der Waals surface area contributed by atoms with Crippen molar-refractivity contribution >= 4 is 27.5 Å². The predicted octanol–water partition coefficient (Wildman–Crippen LogP) is 4.25. The molecule has 0 bridgehead atoms. The molecule has 3 aromatic rings. The van der Waals surface area contributed by atoms with E-state index in [9.17, 15) is 4.79 Å². The van der Waals surface area contributed by atoms with Gasteiger partial charge < -0.3 is 14.4 Å². The first-order chi connectivity index (χ1) is 15.2. The number of aromatic nitrogens is 1. The highest BCUT2D eigenvalue weighted by molar-refractivity contribution is 7.18. The molecule has 1 fully saturated rings. The number of carbonyl (C=O) groups is 1. The molecule has 7 heteroatoms. The van der Waals surface area contributed by atoms with Crippen LogP contribution in [-0.4, -0.2) is 53.7 Å². The summed E-state index contributed by atoms with van der Waals surface area (Å²) >= 11 is 1.79. The number of fused-ring (bicyclic) bond motifs is 2. The van der Waals surface area contributed by atoms with E-state index in [4.69, 9.17) is 14.5 Å².